The van der Waals surface area contributed by atoms with E-state index >= 15 is 0 Å². The third kappa shape index (κ3) is 5.15. The van der Waals surface area contributed by atoms with Gasteiger partial charge in [0.25, 0.3) is 0 Å². The second-order valence-electron chi connectivity index (χ2n) is 7.22. The van der Waals surface area contributed by atoms with Crippen molar-refractivity contribution in [3.05, 3.63) is 54.1 Å². The predicted molar refractivity (Wildman–Crippen MR) is 116 cm³/mol. The van der Waals surface area contributed by atoms with Crippen LogP contribution in [0.3, 0.4) is 0 Å². The van der Waals surface area contributed by atoms with E-state index in [1.54, 1.807) is 24.3 Å². The van der Waals surface area contributed by atoms with E-state index in [-0.39, 0.29) is 17.7 Å². The average Bonchev–Trinajstić information content (AvgIpc) is 2.74. The van der Waals surface area contributed by atoms with Crippen molar-refractivity contribution in [3.8, 4) is 5.75 Å². The van der Waals surface area contributed by atoms with E-state index in [1.165, 1.54) is 6.92 Å². The van der Waals surface area contributed by atoms with Crippen LogP contribution in [0.15, 0.2) is 48.5 Å². The molecule has 1 N–H and O–H groups in total. The summed E-state index contributed by atoms with van der Waals surface area (Å²) in [6.45, 7) is 9.38. The van der Waals surface area contributed by atoms with Gasteiger partial charge in [-0.25, -0.2) is 0 Å². The van der Waals surface area contributed by atoms with Crippen LogP contribution < -0.4 is 15.0 Å². The highest BCUT2D eigenvalue weighted by atomic mass is 16.5. The van der Waals surface area contributed by atoms with Crippen LogP contribution in [-0.4, -0.2) is 55.4 Å². The summed E-state index contributed by atoms with van der Waals surface area (Å²) in [5, 5.41) is 2.95. The van der Waals surface area contributed by atoms with Gasteiger partial charge >= 0.3 is 0 Å². The molecule has 2 aromatic rings. The fraction of sp³-hybridized carbons (Fsp3) is 0.391. The van der Waals surface area contributed by atoms with Gasteiger partial charge in [-0.2, -0.15) is 0 Å². The van der Waals surface area contributed by atoms with Crippen LogP contribution in [0.4, 0.5) is 11.4 Å². The van der Waals surface area contributed by atoms with Gasteiger partial charge in [0.05, 0.1) is 18.3 Å². The molecule has 3 rings (SSSR count). The molecule has 0 aliphatic carbocycles. The van der Waals surface area contributed by atoms with Crippen LogP contribution in [0.2, 0.25) is 0 Å². The van der Waals surface area contributed by atoms with Gasteiger partial charge < -0.3 is 15.0 Å². The molecule has 1 aliphatic heterocycles. The maximum atomic E-state index is 12.7. The van der Waals surface area contributed by atoms with Crippen LogP contribution >= 0.6 is 0 Å². The second-order valence-corrected chi connectivity index (χ2v) is 7.22. The van der Waals surface area contributed by atoms with Crippen molar-refractivity contribution in [1.82, 2.24) is 4.90 Å². The van der Waals surface area contributed by atoms with E-state index in [4.69, 9.17) is 4.74 Å². The lowest BCUT2D eigenvalue weighted by Gasteiger charge is -2.39. The standard InChI is InChI=1S/C23H29N3O3/c1-4-29-22-8-6-5-7-21(22)26-15-13-25(14-16-26)17(2)23(28)24-20-11-9-19(10-12-20)18(3)27/h5-12,17H,4,13-16H2,1-3H3,(H,24,28)/t17-/m1/s1. The molecule has 0 saturated carbocycles. The summed E-state index contributed by atoms with van der Waals surface area (Å²) >= 11 is 0. The lowest BCUT2D eigenvalue weighted by atomic mass is 10.1. The number of benzene rings is 2. The first-order chi connectivity index (χ1) is 14.0. The minimum Gasteiger partial charge on any atom is -0.492 e. The molecule has 1 atom stereocenters. The molecule has 6 heteroatoms. The number of amides is 1. The van der Waals surface area contributed by atoms with Crippen molar-refractivity contribution < 1.29 is 14.3 Å². The number of carbonyl (C=O) groups is 2. The first-order valence-corrected chi connectivity index (χ1v) is 10.1. The minimum absolute atomic E-state index is 0.0139. The number of ether oxygens (including phenoxy) is 1. The van der Waals surface area contributed by atoms with Crippen molar-refractivity contribution in [2.24, 2.45) is 0 Å². The third-order valence-corrected chi connectivity index (χ3v) is 5.31. The van der Waals surface area contributed by atoms with E-state index in [2.05, 4.69) is 21.2 Å². The molecular weight excluding hydrogens is 366 g/mol. The molecule has 0 aromatic heterocycles. The van der Waals surface area contributed by atoms with Gasteiger partial charge in [0.1, 0.15) is 5.75 Å². The number of para-hydroxylation sites is 2. The SMILES string of the molecule is CCOc1ccccc1N1CCN([C@H](C)C(=O)Nc2ccc(C(C)=O)cc2)CC1. The normalized spacial score (nSPS) is 15.6. The number of ketones is 1. The fourth-order valence-electron chi connectivity index (χ4n) is 3.55. The first-order valence-electron chi connectivity index (χ1n) is 10.1. The lowest BCUT2D eigenvalue weighted by Crippen LogP contribution is -2.52. The Kier molecular flexibility index (Phi) is 6.88. The van der Waals surface area contributed by atoms with Crippen molar-refractivity contribution >= 4 is 23.1 Å². The Balaban J connectivity index is 1.56. The van der Waals surface area contributed by atoms with Crippen LogP contribution in [0, 0.1) is 0 Å². The number of Topliss-reactive ketones (excluding diaryl/α,β-unsaturated/α-hetero) is 1. The van der Waals surface area contributed by atoms with E-state index in [0.29, 0.717) is 17.9 Å². The maximum absolute atomic E-state index is 12.7. The van der Waals surface area contributed by atoms with Crippen molar-refractivity contribution in [2.75, 3.05) is 43.0 Å². The number of hydrogen-bond donors (Lipinski definition) is 1. The molecule has 0 radical (unpaired) electrons. The molecule has 0 spiro atoms. The van der Waals surface area contributed by atoms with Crippen molar-refractivity contribution in [2.45, 2.75) is 26.8 Å². The number of carbonyl (C=O) groups excluding carboxylic acids is 2. The van der Waals surface area contributed by atoms with Gasteiger partial charge in [-0.05, 0) is 57.2 Å². The van der Waals surface area contributed by atoms with Crippen molar-refractivity contribution in [1.29, 1.82) is 0 Å². The minimum atomic E-state index is -0.230. The average molecular weight is 396 g/mol. The summed E-state index contributed by atoms with van der Waals surface area (Å²) in [7, 11) is 0. The lowest BCUT2D eigenvalue weighted by molar-refractivity contribution is -0.120. The number of piperazine rings is 1. The summed E-state index contributed by atoms with van der Waals surface area (Å²) in [6.07, 6.45) is 0. The summed E-state index contributed by atoms with van der Waals surface area (Å²) < 4.78 is 5.75. The second kappa shape index (κ2) is 9.56. The van der Waals surface area contributed by atoms with E-state index in [0.717, 1.165) is 37.6 Å². The van der Waals surface area contributed by atoms with Crippen LogP contribution in [0.25, 0.3) is 0 Å². The van der Waals surface area contributed by atoms with E-state index < -0.39 is 0 Å². The zero-order chi connectivity index (χ0) is 20.8. The molecule has 1 amide bonds. The quantitative estimate of drug-likeness (QED) is 0.728. The topological polar surface area (TPSA) is 61.9 Å². The molecule has 0 bridgehead atoms. The first kappa shape index (κ1) is 20.9. The zero-order valence-corrected chi connectivity index (χ0v) is 17.4. The maximum Gasteiger partial charge on any atom is 0.241 e. The molecule has 2 aromatic carbocycles. The Hall–Kier alpha value is -2.86. The molecule has 1 fully saturated rings. The molecule has 1 heterocycles. The summed E-state index contributed by atoms with van der Waals surface area (Å²) in [5.74, 6) is 0.881. The molecule has 1 saturated heterocycles. The van der Waals surface area contributed by atoms with Gasteiger partial charge in [-0.15, -0.1) is 0 Å². The van der Waals surface area contributed by atoms with Gasteiger partial charge in [0, 0.05) is 37.4 Å². The smallest absolute Gasteiger partial charge is 0.241 e. The molecule has 6 nitrogen and oxygen atoms in total. The highest BCUT2D eigenvalue weighted by molar-refractivity contribution is 5.97. The monoisotopic (exact) mass is 395 g/mol. The summed E-state index contributed by atoms with van der Waals surface area (Å²) in [6, 6.07) is 14.9. The molecule has 0 unspecified atom stereocenters. The Morgan fingerprint density at radius 2 is 1.69 bits per heavy atom. The van der Waals surface area contributed by atoms with Crippen LogP contribution in [0.1, 0.15) is 31.1 Å². The number of nitrogens with zero attached hydrogens (tertiary/aromatic N) is 2. The van der Waals surface area contributed by atoms with Crippen molar-refractivity contribution in [3.63, 3.8) is 0 Å². The number of nitrogens with one attached hydrogen (secondary N) is 1. The number of anilines is 2. The molecular formula is C23H29N3O3. The van der Waals surface area contributed by atoms with Gasteiger partial charge in [0.2, 0.25) is 5.91 Å². The van der Waals surface area contributed by atoms with Gasteiger partial charge in [0.15, 0.2) is 5.78 Å². The number of hydrogen-bond acceptors (Lipinski definition) is 5. The Morgan fingerprint density at radius 3 is 2.31 bits per heavy atom. The summed E-state index contributed by atoms with van der Waals surface area (Å²) in [5.41, 5.74) is 2.45. The highest BCUT2D eigenvalue weighted by Gasteiger charge is 2.26. The molecule has 1 aliphatic rings. The van der Waals surface area contributed by atoms with Gasteiger partial charge in [-0.3, -0.25) is 14.5 Å². The highest BCUT2D eigenvalue weighted by Crippen LogP contribution is 2.29. The Morgan fingerprint density at radius 1 is 1.03 bits per heavy atom. The zero-order valence-electron chi connectivity index (χ0n) is 17.4. The van der Waals surface area contributed by atoms with E-state index in [9.17, 15) is 9.59 Å². The predicted octanol–water partition coefficient (Wildman–Crippen LogP) is 3.44. The van der Waals surface area contributed by atoms with Crippen LogP contribution in [0.5, 0.6) is 5.75 Å². The number of rotatable bonds is 7. The Bertz CT molecular complexity index is 843. The van der Waals surface area contributed by atoms with Crippen LogP contribution in [-0.2, 0) is 4.79 Å². The third-order valence-electron chi connectivity index (χ3n) is 5.31. The largest absolute Gasteiger partial charge is 0.492 e. The fourth-order valence-corrected chi connectivity index (χ4v) is 3.55. The Labute approximate surface area is 172 Å². The summed E-state index contributed by atoms with van der Waals surface area (Å²) in [4.78, 5) is 28.5. The molecule has 154 valence electrons. The van der Waals surface area contributed by atoms with Gasteiger partial charge in [-0.1, -0.05) is 12.1 Å². The molecule has 29 heavy (non-hydrogen) atoms. The van der Waals surface area contributed by atoms with E-state index in [1.807, 2.05) is 32.0 Å².